The van der Waals surface area contributed by atoms with Gasteiger partial charge in [-0.2, -0.15) is 0 Å². The van der Waals surface area contributed by atoms with E-state index in [9.17, 15) is 14.4 Å². The number of hydrogen-bond donors (Lipinski definition) is 0. The molecule has 0 saturated heterocycles. The molecule has 6 nitrogen and oxygen atoms in total. The van der Waals surface area contributed by atoms with E-state index in [-0.39, 0.29) is 23.7 Å². The van der Waals surface area contributed by atoms with Crippen molar-refractivity contribution in [3.63, 3.8) is 0 Å². The van der Waals surface area contributed by atoms with Gasteiger partial charge < -0.3 is 9.64 Å². The van der Waals surface area contributed by atoms with Gasteiger partial charge in [-0.3, -0.25) is 19.4 Å². The minimum absolute atomic E-state index is 0.0591. The van der Waals surface area contributed by atoms with E-state index in [4.69, 9.17) is 27.9 Å². The lowest BCUT2D eigenvalue weighted by Gasteiger charge is -2.32. The molecule has 2 rings (SSSR count). The third-order valence-corrected chi connectivity index (χ3v) is 5.99. The lowest BCUT2D eigenvalue weighted by Crippen LogP contribution is -2.41. The first-order valence-electron chi connectivity index (χ1n) is 10.5. The number of Topliss-reactive ketones (excluding diaryl/α,β-unsaturated/α-hetero) is 2. The first-order chi connectivity index (χ1) is 15.1. The van der Waals surface area contributed by atoms with E-state index >= 15 is 0 Å². The number of nitrogens with zero attached hydrogens (tertiary/aromatic N) is 2. The fourth-order valence-electron chi connectivity index (χ4n) is 4.09. The molecular formula is C24H30Cl2N2O4. The van der Waals surface area contributed by atoms with Crippen LogP contribution in [0.3, 0.4) is 0 Å². The number of ether oxygens (including phenoxy) is 1. The summed E-state index contributed by atoms with van der Waals surface area (Å²) in [5.74, 6) is -0.142. The first-order valence-corrected chi connectivity index (χ1v) is 11.6. The molecule has 1 atom stereocenters. The number of carbonyl (C=O) groups is 3. The Morgan fingerprint density at radius 3 is 2.19 bits per heavy atom. The van der Waals surface area contributed by atoms with Crippen LogP contribution in [-0.4, -0.2) is 55.1 Å². The number of ketones is 2. The van der Waals surface area contributed by atoms with E-state index < -0.39 is 17.3 Å². The molecule has 0 spiro atoms. The molecule has 0 bridgehead atoms. The van der Waals surface area contributed by atoms with Crippen molar-refractivity contribution in [2.24, 2.45) is 16.3 Å². The number of halogens is 2. The summed E-state index contributed by atoms with van der Waals surface area (Å²) in [6.07, 6.45) is -0.0591. The average Bonchev–Trinajstić information content (AvgIpc) is 2.72. The van der Waals surface area contributed by atoms with Gasteiger partial charge in [-0.05, 0) is 38.1 Å². The summed E-state index contributed by atoms with van der Waals surface area (Å²) in [4.78, 5) is 44.4. The lowest BCUT2D eigenvalue weighted by molar-refractivity contribution is -0.136. The minimum Gasteiger partial charge on any atom is -0.427 e. The Hall–Kier alpha value is -2.18. The van der Waals surface area contributed by atoms with Gasteiger partial charge in [0.2, 0.25) is 5.78 Å². The number of aliphatic imine (C=N–C) groups is 1. The quantitative estimate of drug-likeness (QED) is 0.296. The van der Waals surface area contributed by atoms with Crippen LogP contribution in [0.15, 0.2) is 40.4 Å². The highest BCUT2D eigenvalue weighted by Crippen LogP contribution is 2.38. The molecule has 0 aliphatic heterocycles. The molecule has 174 valence electrons. The summed E-state index contributed by atoms with van der Waals surface area (Å²) in [6.45, 7) is 8.16. The Labute approximate surface area is 199 Å². The maximum atomic E-state index is 13.0. The van der Waals surface area contributed by atoms with Crippen molar-refractivity contribution in [1.29, 1.82) is 0 Å². The van der Waals surface area contributed by atoms with Crippen molar-refractivity contribution in [3.05, 3.63) is 35.4 Å². The zero-order valence-corrected chi connectivity index (χ0v) is 20.7. The van der Waals surface area contributed by atoms with E-state index in [2.05, 4.69) is 4.99 Å². The van der Waals surface area contributed by atoms with Crippen LogP contribution >= 0.6 is 23.2 Å². The van der Waals surface area contributed by atoms with Crippen LogP contribution in [0.25, 0.3) is 0 Å². The third kappa shape index (κ3) is 5.78. The van der Waals surface area contributed by atoms with E-state index in [0.717, 1.165) is 5.69 Å². The minimum atomic E-state index is -0.887. The summed E-state index contributed by atoms with van der Waals surface area (Å²) < 4.78 is 5.51. The third-order valence-electron chi connectivity index (χ3n) is 5.65. The number of alkyl halides is 2. The molecule has 0 saturated carbocycles. The van der Waals surface area contributed by atoms with Crippen LogP contribution in [0.5, 0.6) is 5.75 Å². The maximum Gasteiger partial charge on any atom is 0.312 e. The summed E-state index contributed by atoms with van der Waals surface area (Å²) in [5, 5.41) is 0. The predicted octanol–water partition coefficient (Wildman–Crippen LogP) is 4.47. The number of rotatable bonds is 9. The van der Waals surface area contributed by atoms with Crippen molar-refractivity contribution < 1.29 is 19.1 Å². The number of anilines is 1. The number of benzene rings is 1. The van der Waals surface area contributed by atoms with Gasteiger partial charge in [0.05, 0.1) is 18.1 Å². The molecule has 32 heavy (non-hydrogen) atoms. The van der Waals surface area contributed by atoms with E-state index in [1.165, 1.54) is 7.05 Å². The molecule has 8 heteroatoms. The highest BCUT2D eigenvalue weighted by Gasteiger charge is 2.42. The Kier molecular flexibility index (Phi) is 9.05. The molecule has 1 aromatic carbocycles. The van der Waals surface area contributed by atoms with Gasteiger partial charge in [-0.1, -0.05) is 13.8 Å². The molecule has 1 aromatic rings. The topological polar surface area (TPSA) is 76.0 Å². The summed E-state index contributed by atoms with van der Waals surface area (Å²) >= 11 is 11.7. The number of allylic oxidation sites excluding steroid dienone is 2. The fraction of sp³-hybridized carbons (Fsp3) is 0.500. The zero-order valence-electron chi connectivity index (χ0n) is 19.2. The SMILES string of the molecule is CN=C1C(=O)C(C(C)(C)CC(=O)Oc2ccc(N(CCCl)CCCl)cc2)=C(C)C(=O)C1C. The number of carbonyl (C=O) groups excluding carboxylic acids is 3. The number of hydrogen-bond acceptors (Lipinski definition) is 6. The predicted molar refractivity (Wildman–Crippen MR) is 129 cm³/mol. The van der Waals surface area contributed by atoms with Gasteiger partial charge in [0, 0.05) is 54.1 Å². The average molecular weight is 481 g/mol. The van der Waals surface area contributed by atoms with Gasteiger partial charge in [0.1, 0.15) is 5.75 Å². The summed E-state index contributed by atoms with van der Waals surface area (Å²) in [7, 11) is 1.50. The van der Waals surface area contributed by atoms with Crippen LogP contribution in [0, 0.1) is 11.3 Å². The summed E-state index contributed by atoms with van der Waals surface area (Å²) in [5.41, 5.74) is 0.980. The highest BCUT2D eigenvalue weighted by molar-refractivity contribution is 6.53. The molecular weight excluding hydrogens is 451 g/mol. The normalized spacial score (nSPS) is 18.3. The monoisotopic (exact) mass is 480 g/mol. The Balaban J connectivity index is 2.16. The smallest absolute Gasteiger partial charge is 0.312 e. The molecule has 0 heterocycles. The Morgan fingerprint density at radius 1 is 1.12 bits per heavy atom. The summed E-state index contributed by atoms with van der Waals surface area (Å²) in [6, 6.07) is 7.10. The van der Waals surface area contributed by atoms with Crippen LogP contribution in [0.2, 0.25) is 0 Å². The Morgan fingerprint density at radius 2 is 1.69 bits per heavy atom. The zero-order chi connectivity index (χ0) is 24.1. The fourth-order valence-corrected chi connectivity index (χ4v) is 4.50. The van der Waals surface area contributed by atoms with Crippen molar-refractivity contribution in [2.45, 2.75) is 34.1 Å². The first kappa shape index (κ1) is 26.1. The molecule has 1 aliphatic rings. The molecule has 0 amide bonds. The molecule has 0 radical (unpaired) electrons. The standard InChI is InChI=1S/C24H30Cl2N2O4/c1-15-20(23(31)21(27-5)16(2)22(15)30)24(3,4)14-19(29)32-18-8-6-17(7-9-18)28(12-10-25)13-11-26/h6-9,16H,10-14H2,1-5H3. The van der Waals surface area contributed by atoms with Gasteiger partial charge in [-0.15, -0.1) is 23.2 Å². The largest absolute Gasteiger partial charge is 0.427 e. The van der Waals surface area contributed by atoms with E-state index in [1.807, 2.05) is 17.0 Å². The van der Waals surface area contributed by atoms with Gasteiger partial charge >= 0.3 is 5.97 Å². The molecule has 0 N–H and O–H groups in total. The van der Waals surface area contributed by atoms with Gasteiger partial charge in [-0.25, -0.2) is 0 Å². The highest BCUT2D eigenvalue weighted by atomic mass is 35.5. The van der Waals surface area contributed by atoms with Crippen LogP contribution in [-0.2, 0) is 14.4 Å². The maximum absolute atomic E-state index is 13.0. The van der Waals surface area contributed by atoms with Crippen molar-refractivity contribution >= 4 is 52.1 Å². The second-order valence-corrected chi connectivity index (χ2v) is 9.17. The second kappa shape index (κ2) is 11.1. The van der Waals surface area contributed by atoms with E-state index in [1.54, 1.807) is 39.8 Å². The van der Waals surface area contributed by atoms with Crippen molar-refractivity contribution in [1.82, 2.24) is 0 Å². The van der Waals surface area contributed by atoms with E-state index in [0.29, 0.717) is 41.7 Å². The second-order valence-electron chi connectivity index (χ2n) is 8.42. The van der Waals surface area contributed by atoms with Crippen LogP contribution in [0.4, 0.5) is 5.69 Å². The molecule has 0 fully saturated rings. The molecule has 1 aliphatic carbocycles. The molecule has 0 aromatic heterocycles. The van der Waals surface area contributed by atoms with Crippen molar-refractivity contribution in [3.8, 4) is 5.75 Å². The lowest BCUT2D eigenvalue weighted by atomic mass is 9.69. The molecule has 1 unspecified atom stereocenters. The van der Waals surface area contributed by atoms with Gasteiger partial charge in [0.25, 0.3) is 0 Å². The van der Waals surface area contributed by atoms with Gasteiger partial charge in [0.15, 0.2) is 5.78 Å². The van der Waals surface area contributed by atoms with Crippen LogP contribution in [0.1, 0.15) is 34.1 Å². The number of esters is 1. The Bertz CT molecular complexity index is 930. The van der Waals surface area contributed by atoms with Crippen LogP contribution < -0.4 is 9.64 Å². The van der Waals surface area contributed by atoms with Crippen molar-refractivity contribution in [2.75, 3.05) is 36.8 Å².